The molecule has 0 aromatic heterocycles. The SMILES string of the molecule is CC[C@@H](O)[C@@H](O)[C@H](COC1OC(CO)C(O)C(O)C1O)NC(=O)CCCCCCCCOCC1CCOCC1. The normalized spacial score (nSPS) is 28.6. The minimum absolute atomic E-state index is 0.244. The lowest BCUT2D eigenvalue weighted by Crippen LogP contribution is -2.60. The van der Waals surface area contributed by atoms with Gasteiger partial charge in [-0.05, 0) is 38.0 Å². The highest BCUT2D eigenvalue weighted by Gasteiger charge is 2.44. The topological polar surface area (TPSA) is 187 Å². The number of carbonyl (C=O) groups is 1. The van der Waals surface area contributed by atoms with E-state index >= 15 is 0 Å². The van der Waals surface area contributed by atoms with Gasteiger partial charge in [-0.3, -0.25) is 4.79 Å². The van der Waals surface area contributed by atoms with Gasteiger partial charge in [-0.25, -0.2) is 0 Å². The molecular weight excluding hydrogens is 514 g/mol. The number of ether oxygens (including phenoxy) is 4. The predicted octanol–water partition coefficient (Wildman–Crippen LogP) is -0.407. The summed E-state index contributed by atoms with van der Waals surface area (Å²) in [5.74, 6) is 0.316. The van der Waals surface area contributed by atoms with Gasteiger partial charge < -0.3 is 54.9 Å². The highest BCUT2D eigenvalue weighted by molar-refractivity contribution is 5.76. The van der Waals surface area contributed by atoms with Gasteiger partial charge in [0.15, 0.2) is 6.29 Å². The van der Waals surface area contributed by atoms with E-state index in [1.807, 2.05) is 0 Å². The van der Waals surface area contributed by atoms with Crippen LogP contribution in [-0.4, -0.2) is 125 Å². The number of aliphatic hydroxyl groups is 6. The van der Waals surface area contributed by atoms with Crippen LogP contribution in [0.4, 0.5) is 0 Å². The molecule has 0 aliphatic carbocycles. The van der Waals surface area contributed by atoms with Crippen LogP contribution in [0.1, 0.15) is 71.1 Å². The molecule has 7 N–H and O–H groups in total. The Hall–Kier alpha value is -0.930. The van der Waals surface area contributed by atoms with E-state index in [0.29, 0.717) is 12.3 Å². The van der Waals surface area contributed by atoms with E-state index < -0.39 is 55.6 Å². The highest BCUT2D eigenvalue weighted by atomic mass is 16.7. The molecule has 2 aliphatic rings. The lowest BCUT2D eigenvalue weighted by atomic mass is 9.99. The Morgan fingerprint density at radius 2 is 1.64 bits per heavy atom. The first-order valence-corrected chi connectivity index (χ1v) is 14.5. The second kappa shape index (κ2) is 19.2. The monoisotopic (exact) mass is 565 g/mol. The van der Waals surface area contributed by atoms with Crippen LogP contribution in [0.5, 0.6) is 0 Å². The quantitative estimate of drug-likeness (QED) is 0.101. The van der Waals surface area contributed by atoms with E-state index in [-0.39, 0.29) is 25.4 Å². The Morgan fingerprint density at radius 3 is 2.31 bits per heavy atom. The van der Waals surface area contributed by atoms with Crippen molar-refractivity contribution in [3.8, 4) is 0 Å². The molecule has 2 aliphatic heterocycles. The second-order valence-corrected chi connectivity index (χ2v) is 10.7. The molecule has 2 fully saturated rings. The van der Waals surface area contributed by atoms with E-state index in [1.54, 1.807) is 6.92 Å². The molecule has 230 valence electrons. The maximum atomic E-state index is 12.5. The molecule has 12 heteroatoms. The molecule has 0 spiro atoms. The molecule has 8 atom stereocenters. The molecule has 0 aromatic rings. The van der Waals surface area contributed by atoms with Crippen LogP contribution in [0.2, 0.25) is 0 Å². The summed E-state index contributed by atoms with van der Waals surface area (Å²) in [5, 5.41) is 62.7. The van der Waals surface area contributed by atoms with Crippen molar-refractivity contribution < 1.29 is 54.4 Å². The first kappa shape index (κ1) is 34.3. The van der Waals surface area contributed by atoms with Crippen molar-refractivity contribution in [2.75, 3.05) is 39.6 Å². The number of nitrogens with one attached hydrogen (secondary N) is 1. The number of hydrogen-bond acceptors (Lipinski definition) is 11. The van der Waals surface area contributed by atoms with Crippen molar-refractivity contribution in [3.05, 3.63) is 0 Å². The molecule has 12 nitrogen and oxygen atoms in total. The first-order valence-electron chi connectivity index (χ1n) is 14.5. The van der Waals surface area contributed by atoms with Crippen molar-refractivity contribution in [3.63, 3.8) is 0 Å². The maximum Gasteiger partial charge on any atom is 0.220 e. The molecule has 5 unspecified atom stereocenters. The Balaban J connectivity index is 1.64. The fourth-order valence-electron chi connectivity index (χ4n) is 4.78. The minimum atomic E-state index is -1.61. The Bertz CT molecular complexity index is 649. The number of carbonyl (C=O) groups excluding carboxylic acids is 1. The third-order valence-electron chi connectivity index (χ3n) is 7.50. The van der Waals surface area contributed by atoms with Crippen LogP contribution in [-0.2, 0) is 23.7 Å². The minimum Gasteiger partial charge on any atom is -0.394 e. The molecule has 0 saturated carbocycles. The molecule has 2 heterocycles. The molecule has 2 rings (SSSR count). The van der Waals surface area contributed by atoms with Gasteiger partial charge in [-0.2, -0.15) is 0 Å². The van der Waals surface area contributed by atoms with Crippen molar-refractivity contribution in [1.29, 1.82) is 0 Å². The lowest BCUT2D eigenvalue weighted by Gasteiger charge is -2.40. The Labute approximate surface area is 231 Å². The molecule has 0 bridgehead atoms. The summed E-state index contributed by atoms with van der Waals surface area (Å²) in [6, 6.07) is -0.999. The average Bonchev–Trinajstić information content (AvgIpc) is 2.95. The lowest BCUT2D eigenvalue weighted by molar-refractivity contribution is -0.303. The van der Waals surface area contributed by atoms with Gasteiger partial charge in [0.05, 0.1) is 25.4 Å². The molecule has 1 amide bonds. The number of amides is 1. The molecule has 2 saturated heterocycles. The predicted molar refractivity (Wildman–Crippen MR) is 141 cm³/mol. The van der Waals surface area contributed by atoms with Gasteiger partial charge in [0.1, 0.15) is 30.5 Å². The average molecular weight is 566 g/mol. The summed E-state index contributed by atoms with van der Waals surface area (Å²) in [6.07, 6.45) is -1.32. The van der Waals surface area contributed by atoms with Crippen molar-refractivity contribution in [2.24, 2.45) is 5.92 Å². The van der Waals surface area contributed by atoms with E-state index in [2.05, 4.69) is 5.32 Å². The fraction of sp³-hybridized carbons (Fsp3) is 0.963. The van der Waals surface area contributed by atoms with Crippen LogP contribution in [0.15, 0.2) is 0 Å². The highest BCUT2D eigenvalue weighted by Crippen LogP contribution is 2.22. The van der Waals surface area contributed by atoms with Crippen molar-refractivity contribution in [1.82, 2.24) is 5.32 Å². The fourth-order valence-corrected chi connectivity index (χ4v) is 4.78. The Kier molecular flexibility index (Phi) is 16.9. The summed E-state index contributed by atoms with van der Waals surface area (Å²) in [6.45, 7) is 4.02. The summed E-state index contributed by atoms with van der Waals surface area (Å²) in [7, 11) is 0. The largest absolute Gasteiger partial charge is 0.394 e. The van der Waals surface area contributed by atoms with E-state index in [4.69, 9.17) is 18.9 Å². The third-order valence-corrected chi connectivity index (χ3v) is 7.50. The van der Waals surface area contributed by atoms with E-state index in [1.165, 1.54) is 0 Å². The standard InChI is InChI=1S/C27H51NO11/c1-2-20(30)23(32)19(17-38-27-26(35)25(34)24(33)21(15-29)39-27)28-22(31)9-7-5-3-4-6-8-12-37-16-18-10-13-36-14-11-18/h18-21,23-27,29-30,32-35H,2-17H2,1H3,(H,28,31)/t19-,20+,21?,23-,24?,25?,26?,27?/m0/s1. The second-order valence-electron chi connectivity index (χ2n) is 10.7. The zero-order valence-corrected chi connectivity index (χ0v) is 23.2. The van der Waals surface area contributed by atoms with Crippen LogP contribution in [0, 0.1) is 5.92 Å². The first-order chi connectivity index (χ1) is 18.8. The molecular formula is C27H51NO11. The van der Waals surface area contributed by atoms with Gasteiger partial charge in [-0.15, -0.1) is 0 Å². The number of hydrogen-bond donors (Lipinski definition) is 7. The van der Waals surface area contributed by atoms with Gasteiger partial charge in [0, 0.05) is 32.8 Å². The number of rotatable bonds is 19. The number of unbranched alkanes of at least 4 members (excludes halogenated alkanes) is 5. The molecule has 39 heavy (non-hydrogen) atoms. The molecule has 0 aromatic carbocycles. The number of aliphatic hydroxyl groups excluding tert-OH is 6. The summed E-state index contributed by atoms with van der Waals surface area (Å²) in [4.78, 5) is 12.5. The van der Waals surface area contributed by atoms with Gasteiger partial charge in [-0.1, -0.05) is 32.6 Å². The van der Waals surface area contributed by atoms with E-state index in [0.717, 1.165) is 71.4 Å². The van der Waals surface area contributed by atoms with Gasteiger partial charge >= 0.3 is 0 Å². The zero-order chi connectivity index (χ0) is 28.6. The third kappa shape index (κ3) is 12.2. The van der Waals surface area contributed by atoms with Gasteiger partial charge in [0.2, 0.25) is 5.91 Å². The Morgan fingerprint density at radius 1 is 0.974 bits per heavy atom. The maximum absolute atomic E-state index is 12.5. The van der Waals surface area contributed by atoms with Crippen LogP contribution in [0.3, 0.4) is 0 Å². The smallest absolute Gasteiger partial charge is 0.220 e. The summed E-state index contributed by atoms with van der Waals surface area (Å²) < 4.78 is 22.0. The van der Waals surface area contributed by atoms with Crippen LogP contribution >= 0.6 is 0 Å². The van der Waals surface area contributed by atoms with Crippen molar-refractivity contribution in [2.45, 2.75) is 120 Å². The summed E-state index contributed by atoms with van der Waals surface area (Å²) >= 11 is 0. The van der Waals surface area contributed by atoms with Gasteiger partial charge in [0.25, 0.3) is 0 Å². The van der Waals surface area contributed by atoms with Crippen molar-refractivity contribution >= 4 is 5.91 Å². The van der Waals surface area contributed by atoms with Crippen LogP contribution in [0.25, 0.3) is 0 Å². The molecule has 0 radical (unpaired) electrons. The zero-order valence-electron chi connectivity index (χ0n) is 23.2. The van der Waals surface area contributed by atoms with Crippen LogP contribution < -0.4 is 5.32 Å². The van der Waals surface area contributed by atoms with E-state index in [9.17, 15) is 35.4 Å². The summed E-state index contributed by atoms with van der Waals surface area (Å²) in [5.41, 5.74) is 0.